The van der Waals surface area contributed by atoms with Gasteiger partial charge in [0.2, 0.25) is 5.89 Å². The number of nitrogens with one attached hydrogen (secondary N) is 1. The highest BCUT2D eigenvalue weighted by Gasteiger charge is 2.32. The molecule has 1 aromatic heterocycles. The summed E-state index contributed by atoms with van der Waals surface area (Å²) in [5, 5.41) is 7.69. The number of nitrogens with zero attached hydrogens (tertiary/aromatic N) is 4. The van der Waals surface area contributed by atoms with Gasteiger partial charge < -0.3 is 9.84 Å². The second kappa shape index (κ2) is 7.01. The van der Waals surface area contributed by atoms with Crippen molar-refractivity contribution in [2.45, 2.75) is 31.5 Å². The molecule has 2 atom stereocenters. The maximum Gasteiger partial charge on any atom is 0.244 e. The van der Waals surface area contributed by atoms with Gasteiger partial charge in [0.1, 0.15) is 0 Å². The van der Waals surface area contributed by atoms with Crippen LogP contribution in [-0.2, 0) is 6.54 Å². The van der Waals surface area contributed by atoms with Crippen LogP contribution < -0.4 is 5.32 Å². The van der Waals surface area contributed by atoms with Gasteiger partial charge in [-0.2, -0.15) is 4.98 Å². The van der Waals surface area contributed by atoms with Crippen LogP contribution in [0.3, 0.4) is 0 Å². The number of piperazine rings is 1. The molecule has 2 aromatic rings. The number of rotatable bonds is 4. The van der Waals surface area contributed by atoms with E-state index in [1.165, 1.54) is 12.0 Å². The second-order valence-electron chi connectivity index (χ2n) is 6.81. The van der Waals surface area contributed by atoms with Crippen molar-refractivity contribution >= 4 is 0 Å². The highest BCUT2D eigenvalue weighted by Crippen LogP contribution is 2.33. The van der Waals surface area contributed by atoms with Gasteiger partial charge in [-0.05, 0) is 32.0 Å². The molecule has 1 N–H and O–H groups in total. The highest BCUT2D eigenvalue weighted by atomic mass is 16.5. The fraction of sp³-hybridized carbons (Fsp3) is 0.556. The summed E-state index contributed by atoms with van der Waals surface area (Å²) in [7, 11) is 2.12. The first-order valence-corrected chi connectivity index (χ1v) is 8.84. The molecule has 0 bridgehead atoms. The summed E-state index contributed by atoms with van der Waals surface area (Å²) in [5.74, 6) is 1.59. The van der Waals surface area contributed by atoms with Crippen molar-refractivity contribution in [2.24, 2.45) is 0 Å². The topological polar surface area (TPSA) is 57.4 Å². The molecule has 6 nitrogen and oxygen atoms in total. The molecule has 2 aliphatic heterocycles. The Morgan fingerprint density at radius 2 is 2.08 bits per heavy atom. The van der Waals surface area contributed by atoms with Crippen molar-refractivity contribution in [1.29, 1.82) is 0 Å². The van der Waals surface area contributed by atoms with Crippen molar-refractivity contribution < 1.29 is 4.52 Å². The van der Waals surface area contributed by atoms with Crippen molar-refractivity contribution in [3.63, 3.8) is 0 Å². The lowest BCUT2D eigenvalue weighted by atomic mass is 10.1. The van der Waals surface area contributed by atoms with Gasteiger partial charge in [0.05, 0.1) is 12.1 Å². The smallest absolute Gasteiger partial charge is 0.244 e. The van der Waals surface area contributed by atoms with E-state index in [2.05, 4.69) is 57.7 Å². The Labute approximate surface area is 142 Å². The zero-order valence-electron chi connectivity index (χ0n) is 14.2. The third-order valence-electron chi connectivity index (χ3n) is 5.14. The molecule has 128 valence electrons. The molecule has 0 amide bonds. The van der Waals surface area contributed by atoms with Crippen LogP contribution in [0.25, 0.3) is 0 Å². The fourth-order valence-corrected chi connectivity index (χ4v) is 3.73. The monoisotopic (exact) mass is 327 g/mol. The van der Waals surface area contributed by atoms with Crippen molar-refractivity contribution in [2.75, 3.05) is 33.2 Å². The lowest BCUT2D eigenvalue weighted by Crippen LogP contribution is -2.44. The highest BCUT2D eigenvalue weighted by molar-refractivity contribution is 5.15. The summed E-state index contributed by atoms with van der Waals surface area (Å²) < 4.78 is 5.66. The molecule has 1 aromatic carbocycles. The van der Waals surface area contributed by atoms with Crippen LogP contribution in [0.4, 0.5) is 0 Å². The molecule has 2 aliphatic rings. The molecule has 2 unspecified atom stereocenters. The Kier molecular flexibility index (Phi) is 4.60. The molecule has 0 radical (unpaired) electrons. The van der Waals surface area contributed by atoms with Crippen molar-refractivity contribution in [3.8, 4) is 0 Å². The Morgan fingerprint density at radius 1 is 1.21 bits per heavy atom. The minimum atomic E-state index is 0.209. The largest absolute Gasteiger partial charge is 0.338 e. The van der Waals surface area contributed by atoms with E-state index in [4.69, 9.17) is 9.51 Å². The van der Waals surface area contributed by atoms with Gasteiger partial charge in [0, 0.05) is 26.2 Å². The minimum Gasteiger partial charge on any atom is -0.338 e. The molecule has 24 heavy (non-hydrogen) atoms. The zero-order valence-corrected chi connectivity index (χ0v) is 14.2. The van der Waals surface area contributed by atoms with Crippen LogP contribution in [0.5, 0.6) is 0 Å². The SMILES string of the molecule is CN1CCNCC1c1noc(C2CCCN2Cc2ccccc2)n1. The Bertz CT molecular complexity index is 658. The van der Waals surface area contributed by atoms with E-state index in [-0.39, 0.29) is 12.1 Å². The van der Waals surface area contributed by atoms with Gasteiger partial charge in [-0.25, -0.2) is 0 Å². The van der Waals surface area contributed by atoms with Crippen LogP contribution in [0.1, 0.15) is 42.2 Å². The molecular weight excluding hydrogens is 302 g/mol. The molecule has 6 heteroatoms. The van der Waals surface area contributed by atoms with E-state index in [0.717, 1.165) is 50.9 Å². The van der Waals surface area contributed by atoms with Crippen LogP contribution in [-0.4, -0.2) is 53.2 Å². The van der Waals surface area contributed by atoms with E-state index in [1.807, 2.05) is 0 Å². The number of benzene rings is 1. The fourth-order valence-electron chi connectivity index (χ4n) is 3.73. The second-order valence-corrected chi connectivity index (χ2v) is 6.81. The van der Waals surface area contributed by atoms with E-state index in [0.29, 0.717) is 0 Å². The van der Waals surface area contributed by atoms with Gasteiger partial charge in [-0.1, -0.05) is 35.5 Å². The molecule has 2 fully saturated rings. The predicted molar refractivity (Wildman–Crippen MR) is 91.4 cm³/mol. The number of hydrogen-bond acceptors (Lipinski definition) is 6. The van der Waals surface area contributed by atoms with E-state index in [9.17, 15) is 0 Å². The van der Waals surface area contributed by atoms with Gasteiger partial charge in [0.15, 0.2) is 5.82 Å². The summed E-state index contributed by atoms with van der Waals surface area (Å²) in [5.41, 5.74) is 1.33. The Morgan fingerprint density at radius 3 is 2.92 bits per heavy atom. The molecule has 0 spiro atoms. The van der Waals surface area contributed by atoms with Crippen LogP contribution in [0.2, 0.25) is 0 Å². The first-order valence-electron chi connectivity index (χ1n) is 8.84. The van der Waals surface area contributed by atoms with Gasteiger partial charge in [-0.3, -0.25) is 9.80 Å². The van der Waals surface area contributed by atoms with Crippen molar-refractivity contribution in [3.05, 3.63) is 47.6 Å². The number of hydrogen-bond donors (Lipinski definition) is 1. The van der Waals surface area contributed by atoms with E-state index in [1.54, 1.807) is 0 Å². The molecule has 0 saturated carbocycles. The van der Waals surface area contributed by atoms with E-state index < -0.39 is 0 Å². The lowest BCUT2D eigenvalue weighted by Gasteiger charge is -2.30. The molecule has 3 heterocycles. The summed E-state index contributed by atoms with van der Waals surface area (Å²) in [6, 6.07) is 11.1. The van der Waals surface area contributed by atoms with Gasteiger partial charge in [0.25, 0.3) is 0 Å². The predicted octanol–water partition coefficient (Wildman–Crippen LogP) is 1.98. The normalized spacial score (nSPS) is 26.0. The summed E-state index contributed by atoms with van der Waals surface area (Å²) in [6.07, 6.45) is 2.27. The van der Waals surface area contributed by atoms with E-state index >= 15 is 0 Å². The minimum absolute atomic E-state index is 0.209. The molecular formula is C18H25N5O. The summed E-state index contributed by atoms with van der Waals surface area (Å²) >= 11 is 0. The molecule has 2 saturated heterocycles. The Balaban J connectivity index is 1.48. The summed E-state index contributed by atoms with van der Waals surface area (Å²) in [4.78, 5) is 9.50. The average molecular weight is 327 g/mol. The molecule has 4 rings (SSSR count). The standard InChI is InChI=1S/C18H25N5O/c1-22-11-9-19-12-16(22)17-20-18(24-21-17)15-8-5-10-23(15)13-14-6-3-2-4-7-14/h2-4,6-7,15-16,19H,5,8-13H2,1H3. The third-order valence-corrected chi connectivity index (χ3v) is 5.14. The lowest BCUT2D eigenvalue weighted by molar-refractivity contribution is 0.187. The average Bonchev–Trinajstić information content (AvgIpc) is 3.25. The first kappa shape index (κ1) is 15.7. The number of likely N-dealkylation sites (N-methyl/N-ethyl adjacent to an activating group) is 1. The zero-order chi connectivity index (χ0) is 16.4. The van der Waals surface area contributed by atoms with Gasteiger partial charge >= 0.3 is 0 Å². The maximum atomic E-state index is 5.66. The van der Waals surface area contributed by atoms with Crippen LogP contribution in [0, 0.1) is 0 Å². The maximum absolute atomic E-state index is 5.66. The molecule has 0 aliphatic carbocycles. The van der Waals surface area contributed by atoms with Gasteiger partial charge in [-0.15, -0.1) is 0 Å². The number of aromatic nitrogens is 2. The Hall–Kier alpha value is -1.76. The van der Waals surface area contributed by atoms with Crippen LogP contribution >= 0.6 is 0 Å². The quantitative estimate of drug-likeness (QED) is 0.927. The number of likely N-dealkylation sites (tertiary alicyclic amines) is 1. The first-order chi connectivity index (χ1) is 11.8. The van der Waals surface area contributed by atoms with Crippen molar-refractivity contribution in [1.82, 2.24) is 25.3 Å². The van der Waals surface area contributed by atoms with Crippen LogP contribution in [0.15, 0.2) is 34.9 Å². The summed E-state index contributed by atoms with van der Waals surface area (Å²) in [6.45, 7) is 4.94. The third kappa shape index (κ3) is 3.22.